The third-order valence-corrected chi connectivity index (χ3v) is 3.63. The quantitative estimate of drug-likeness (QED) is 0.720. The largest absolute Gasteiger partial charge is 0.472 e. The first-order valence-corrected chi connectivity index (χ1v) is 7.09. The molecule has 0 radical (unpaired) electrons. The van der Waals surface area contributed by atoms with E-state index in [4.69, 9.17) is 4.42 Å². The van der Waals surface area contributed by atoms with Crippen LogP contribution >= 0.6 is 0 Å². The Balaban J connectivity index is 2.20. The first-order chi connectivity index (χ1) is 9.87. The SMILES string of the molecule is Cn1c(=O)n(CC(C)(C)C)c2ccc(-c3ccoc3)cc21. The molecule has 4 heteroatoms. The molecule has 21 heavy (non-hydrogen) atoms. The molecule has 0 unspecified atom stereocenters. The number of nitrogens with zero attached hydrogens (tertiary/aromatic N) is 2. The summed E-state index contributed by atoms with van der Waals surface area (Å²) < 4.78 is 8.70. The van der Waals surface area contributed by atoms with Crippen molar-refractivity contribution in [2.75, 3.05) is 0 Å². The van der Waals surface area contributed by atoms with Gasteiger partial charge in [-0.25, -0.2) is 4.79 Å². The topological polar surface area (TPSA) is 40.1 Å². The van der Waals surface area contributed by atoms with Crippen LogP contribution in [-0.4, -0.2) is 9.13 Å². The third kappa shape index (κ3) is 2.42. The fourth-order valence-corrected chi connectivity index (χ4v) is 2.64. The standard InChI is InChI=1S/C17H20N2O2/c1-17(2,3)11-19-14-6-5-12(13-7-8-21-10-13)9-15(14)18(4)16(19)20/h5-10H,11H2,1-4H3. The maximum Gasteiger partial charge on any atom is 0.328 e. The fraction of sp³-hybridized carbons (Fsp3) is 0.353. The Kier molecular flexibility index (Phi) is 3.04. The highest BCUT2D eigenvalue weighted by molar-refractivity contribution is 5.82. The molecule has 0 aliphatic rings. The number of hydrogen-bond acceptors (Lipinski definition) is 2. The van der Waals surface area contributed by atoms with E-state index in [0.29, 0.717) is 6.54 Å². The van der Waals surface area contributed by atoms with Crippen LogP contribution in [-0.2, 0) is 13.6 Å². The van der Waals surface area contributed by atoms with Crippen molar-refractivity contribution in [2.24, 2.45) is 12.5 Å². The summed E-state index contributed by atoms with van der Waals surface area (Å²) in [6, 6.07) is 8.02. The number of hydrogen-bond donors (Lipinski definition) is 0. The average molecular weight is 284 g/mol. The van der Waals surface area contributed by atoms with E-state index in [1.54, 1.807) is 17.1 Å². The molecule has 3 rings (SSSR count). The van der Waals surface area contributed by atoms with Crippen molar-refractivity contribution in [3.05, 3.63) is 47.3 Å². The van der Waals surface area contributed by atoms with E-state index < -0.39 is 0 Å². The van der Waals surface area contributed by atoms with E-state index in [-0.39, 0.29) is 11.1 Å². The fourth-order valence-electron chi connectivity index (χ4n) is 2.64. The zero-order valence-corrected chi connectivity index (χ0v) is 12.9. The number of furan rings is 1. The van der Waals surface area contributed by atoms with Crippen molar-refractivity contribution in [2.45, 2.75) is 27.3 Å². The molecule has 0 saturated carbocycles. The summed E-state index contributed by atoms with van der Waals surface area (Å²) in [6.07, 6.45) is 3.37. The summed E-state index contributed by atoms with van der Waals surface area (Å²) in [6.45, 7) is 7.11. The molecule has 0 N–H and O–H groups in total. The van der Waals surface area contributed by atoms with E-state index >= 15 is 0 Å². The highest BCUT2D eigenvalue weighted by Gasteiger charge is 2.18. The minimum absolute atomic E-state index is 0.0317. The summed E-state index contributed by atoms with van der Waals surface area (Å²) in [5.74, 6) is 0. The first kappa shape index (κ1) is 13.7. The zero-order chi connectivity index (χ0) is 15.2. The monoisotopic (exact) mass is 284 g/mol. The molecule has 0 bridgehead atoms. The maximum absolute atomic E-state index is 12.5. The van der Waals surface area contributed by atoms with Crippen molar-refractivity contribution in [1.82, 2.24) is 9.13 Å². The van der Waals surface area contributed by atoms with Crippen LogP contribution in [0.5, 0.6) is 0 Å². The molecule has 0 saturated heterocycles. The van der Waals surface area contributed by atoms with Crippen LogP contribution in [0.3, 0.4) is 0 Å². The van der Waals surface area contributed by atoms with Gasteiger partial charge in [-0.15, -0.1) is 0 Å². The lowest BCUT2D eigenvalue weighted by molar-refractivity contribution is 0.342. The Bertz CT molecular complexity index is 830. The summed E-state index contributed by atoms with van der Waals surface area (Å²) in [5.41, 5.74) is 4.09. The number of rotatable bonds is 2. The smallest absolute Gasteiger partial charge is 0.328 e. The maximum atomic E-state index is 12.5. The third-order valence-electron chi connectivity index (χ3n) is 3.63. The Morgan fingerprint density at radius 3 is 2.48 bits per heavy atom. The summed E-state index contributed by atoms with van der Waals surface area (Å²) in [7, 11) is 1.82. The van der Waals surface area contributed by atoms with Gasteiger partial charge in [0.1, 0.15) is 0 Å². The second-order valence-electron chi connectivity index (χ2n) is 6.70. The molecule has 0 aliphatic heterocycles. The molecule has 0 aliphatic carbocycles. The van der Waals surface area contributed by atoms with Crippen molar-refractivity contribution in [3.8, 4) is 11.1 Å². The molecule has 3 aromatic rings. The summed E-state index contributed by atoms with van der Waals surface area (Å²) >= 11 is 0. The molecule has 0 fully saturated rings. The van der Waals surface area contributed by atoms with E-state index in [2.05, 4.69) is 20.8 Å². The lowest BCUT2D eigenvalue weighted by Crippen LogP contribution is -2.27. The van der Waals surface area contributed by atoms with Gasteiger partial charge in [-0.05, 0) is 29.2 Å². The van der Waals surface area contributed by atoms with Gasteiger partial charge >= 0.3 is 5.69 Å². The van der Waals surface area contributed by atoms with Crippen LogP contribution in [0.2, 0.25) is 0 Å². The minimum atomic E-state index is 0.0317. The summed E-state index contributed by atoms with van der Waals surface area (Å²) in [5, 5.41) is 0. The molecule has 2 heterocycles. The lowest BCUT2D eigenvalue weighted by Gasteiger charge is -2.18. The van der Waals surface area contributed by atoms with Gasteiger partial charge in [0.2, 0.25) is 0 Å². The number of aromatic nitrogens is 2. The van der Waals surface area contributed by atoms with Crippen LogP contribution in [0.1, 0.15) is 20.8 Å². The highest BCUT2D eigenvalue weighted by Crippen LogP contribution is 2.25. The van der Waals surface area contributed by atoms with Crippen LogP contribution < -0.4 is 5.69 Å². The number of benzene rings is 1. The van der Waals surface area contributed by atoms with Crippen molar-refractivity contribution in [3.63, 3.8) is 0 Å². The normalized spacial score (nSPS) is 12.2. The van der Waals surface area contributed by atoms with E-state index in [9.17, 15) is 4.79 Å². The van der Waals surface area contributed by atoms with Gasteiger partial charge in [-0.3, -0.25) is 9.13 Å². The Hall–Kier alpha value is -2.23. The first-order valence-electron chi connectivity index (χ1n) is 7.09. The predicted molar refractivity (Wildman–Crippen MR) is 84.3 cm³/mol. The molecule has 110 valence electrons. The molecule has 4 nitrogen and oxygen atoms in total. The lowest BCUT2D eigenvalue weighted by atomic mass is 9.97. The number of aryl methyl sites for hydroxylation is 1. The summed E-state index contributed by atoms with van der Waals surface area (Å²) in [4.78, 5) is 12.5. The Morgan fingerprint density at radius 2 is 1.86 bits per heavy atom. The van der Waals surface area contributed by atoms with Crippen LogP contribution in [0.25, 0.3) is 22.2 Å². The molecule has 0 amide bonds. The zero-order valence-electron chi connectivity index (χ0n) is 12.9. The Labute approximate surface area is 123 Å². The highest BCUT2D eigenvalue weighted by atomic mass is 16.3. The van der Waals surface area contributed by atoms with Gasteiger partial charge in [-0.1, -0.05) is 26.8 Å². The minimum Gasteiger partial charge on any atom is -0.472 e. The van der Waals surface area contributed by atoms with Gasteiger partial charge in [-0.2, -0.15) is 0 Å². The average Bonchev–Trinajstić information content (AvgIpc) is 3.01. The predicted octanol–water partition coefficient (Wildman–Crippen LogP) is 3.65. The van der Waals surface area contributed by atoms with Gasteiger partial charge in [0.15, 0.2) is 0 Å². The van der Waals surface area contributed by atoms with Crippen LogP contribution in [0.4, 0.5) is 0 Å². The molecular formula is C17H20N2O2. The van der Waals surface area contributed by atoms with Crippen molar-refractivity contribution >= 4 is 11.0 Å². The molecule has 0 spiro atoms. The van der Waals surface area contributed by atoms with E-state index in [1.807, 2.05) is 35.9 Å². The van der Waals surface area contributed by atoms with E-state index in [1.165, 1.54) is 0 Å². The van der Waals surface area contributed by atoms with Crippen molar-refractivity contribution < 1.29 is 4.42 Å². The van der Waals surface area contributed by atoms with Gasteiger partial charge < -0.3 is 4.42 Å². The van der Waals surface area contributed by atoms with Crippen LogP contribution in [0, 0.1) is 5.41 Å². The Morgan fingerprint density at radius 1 is 1.10 bits per heavy atom. The van der Waals surface area contributed by atoms with E-state index in [0.717, 1.165) is 22.2 Å². The van der Waals surface area contributed by atoms with Gasteiger partial charge in [0.25, 0.3) is 0 Å². The number of imidazole rings is 1. The molecule has 0 atom stereocenters. The van der Waals surface area contributed by atoms with Crippen molar-refractivity contribution in [1.29, 1.82) is 0 Å². The van der Waals surface area contributed by atoms with Gasteiger partial charge in [0.05, 0.1) is 23.6 Å². The second kappa shape index (κ2) is 4.65. The molecule has 1 aromatic carbocycles. The van der Waals surface area contributed by atoms with Gasteiger partial charge in [0, 0.05) is 19.2 Å². The number of fused-ring (bicyclic) bond motifs is 1. The van der Waals surface area contributed by atoms with Crippen LogP contribution in [0.15, 0.2) is 46.0 Å². The second-order valence-corrected chi connectivity index (χ2v) is 6.70. The molecular weight excluding hydrogens is 264 g/mol. The molecule has 2 aromatic heterocycles.